The van der Waals surface area contributed by atoms with Crippen LogP contribution < -0.4 is 11.1 Å². The summed E-state index contributed by atoms with van der Waals surface area (Å²) in [6, 6.07) is 12.5. The van der Waals surface area contributed by atoms with E-state index in [4.69, 9.17) is 5.73 Å². The van der Waals surface area contributed by atoms with Crippen molar-refractivity contribution in [1.82, 2.24) is 0 Å². The van der Waals surface area contributed by atoms with Crippen LogP contribution in [-0.2, 0) is 10.1 Å². The average Bonchev–Trinajstić information content (AvgIpc) is 2.72. The monoisotopic (exact) mass is 480 g/mol. The fourth-order valence-corrected chi connectivity index (χ4v) is 3.71. The Hall–Kier alpha value is -3.96. The zero-order chi connectivity index (χ0) is 25.0. The topological polar surface area (TPSA) is 159 Å². The number of carbonyl (C=O) groups excluding carboxylic acids is 1. The molecule has 10 nitrogen and oxygen atoms in total. The summed E-state index contributed by atoms with van der Waals surface area (Å²) < 4.78 is 32.7. The molecule has 0 heterocycles. The Morgan fingerprint density at radius 3 is 1.82 bits per heavy atom. The van der Waals surface area contributed by atoms with E-state index in [-0.39, 0.29) is 10.6 Å². The lowest BCUT2D eigenvalue weighted by Crippen LogP contribution is -2.19. The highest BCUT2D eigenvalue weighted by atomic mass is 32.2. The minimum atomic E-state index is -4.44. The number of nitrogens with two attached hydrogens (primary N) is 1. The number of aryl methyl sites for hydroxylation is 4. The molecule has 0 aliphatic rings. The second kappa shape index (κ2) is 9.89. The molecule has 3 aromatic rings. The number of urea groups is 1. The highest BCUT2D eigenvalue weighted by Gasteiger charge is 2.15. The number of hydrogen-bond acceptors (Lipinski definition) is 7. The van der Waals surface area contributed by atoms with Gasteiger partial charge in [-0.3, -0.25) is 4.55 Å². The number of amides is 2. The van der Waals surface area contributed by atoms with Gasteiger partial charge < -0.3 is 11.1 Å². The van der Waals surface area contributed by atoms with E-state index < -0.39 is 16.1 Å². The summed E-state index contributed by atoms with van der Waals surface area (Å²) in [6.07, 6.45) is 0. The minimum absolute atomic E-state index is 0.0390. The van der Waals surface area contributed by atoms with Crippen molar-refractivity contribution in [2.45, 2.75) is 32.6 Å². The zero-order valence-electron chi connectivity index (χ0n) is 19.1. The van der Waals surface area contributed by atoms with Gasteiger partial charge >= 0.3 is 6.03 Å². The molecule has 3 aromatic carbocycles. The summed E-state index contributed by atoms with van der Waals surface area (Å²) in [5.41, 5.74) is 10.4. The van der Waals surface area contributed by atoms with Crippen LogP contribution in [0.2, 0.25) is 0 Å². The Labute approximate surface area is 197 Å². The Kier molecular flexibility index (Phi) is 7.18. The Morgan fingerprint density at radius 1 is 0.765 bits per heavy atom. The Bertz CT molecular complexity index is 1430. The van der Waals surface area contributed by atoms with Crippen molar-refractivity contribution in [1.29, 1.82) is 0 Å². The summed E-state index contributed by atoms with van der Waals surface area (Å²) in [5, 5.41) is 19.3. The highest BCUT2D eigenvalue weighted by molar-refractivity contribution is 7.86. The van der Waals surface area contributed by atoms with E-state index in [0.717, 1.165) is 22.3 Å². The van der Waals surface area contributed by atoms with Crippen molar-refractivity contribution in [2.75, 3.05) is 5.32 Å². The lowest BCUT2D eigenvalue weighted by atomic mass is 10.1. The van der Waals surface area contributed by atoms with Crippen molar-refractivity contribution in [3.05, 3.63) is 70.8 Å². The van der Waals surface area contributed by atoms with Crippen LogP contribution in [0.3, 0.4) is 0 Å². The minimum Gasteiger partial charge on any atom is -0.351 e. The second-order valence-electron chi connectivity index (χ2n) is 7.78. The second-order valence-corrected chi connectivity index (χ2v) is 9.17. The summed E-state index contributed by atoms with van der Waals surface area (Å²) in [7, 11) is -4.44. The van der Waals surface area contributed by atoms with Crippen LogP contribution in [0.15, 0.2) is 73.9 Å². The van der Waals surface area contributed by atoms with Crippen molar-refractivity contribution in [2.24, 2.45) is 26.2 Å². The maximum atomic E-state index is 11.6. The van der Waals surface area contributed by atoms with Gasteiger partial charge in [-0.2, -0.15) is 18.6 Å². The molecule has 0 aliphatic heterocycles. The predicted octanol–water partition coefficient (Wildman–Crippen LogP) is 6.49. The maximum absolute atomic E-state index is 11.6. The van der Waals surface area contributed by atoms with Crippen molar-refractivity contribution in [3.63, 3.8) is 0 Å². The van der Waals surface area contributed by atoms with E-state index in [1.165, 1.54) is 12.1 Å². The fraction of sp³-hybridized carbons (Fsp3) is 0.174. The van der Waals surface area contributed by atoms with Gasteiger partial charge in [0.2, 0.25) is 0 Å². The molecular weight excluding hydrogens is 456 g/mol. The van der Waals surface area contributed by atoms with Crippen molar-refractivity contribution < 1.29 is 17.8 Å². The van der Waals surface area contributed by atoms with Gasteiger partial charge in [0.15, 0.2) is 0 Å². The van der Waals surface area contributed by atoms with Gasteiger partial charge in [0.05, 0.1) is 17.1 Å². The van der Waals surface area contributed by atoms with Crippen LogP contribution in [-0.4, -0.2) is 19.0 Å². The molecule has 0 unspecified atom stereocenters. The summed E-state index contributed by atoms with van der Waals surface area (Å²) in [6.45, 7) is 7.28. The molecule has 0 fully saturated rings. The average molecular weight is 481 g/mol. The Balaban J connectivity index is 1.93. The third-order valence-electron chi connectivity index (χ3n) is 4.85. The standard InChI is InChI=1S/C23H24N6O4S/c1-13-5-7-17(20(9-13)25-23(24)30)26-27-18-11-16(4)19(12-15(18)3)28-29-21-10-14(2)6-8-22(21)34(31,32)33/h5-12H,1-4H3,(H3,24,25,30)(H,31,32,33). The van der Waals surface area contributed by atoms with Gasteiger partial charge in [-0.1, -0.05) is 12.1 Å². The third kappa shape index (κ3) is 6.09. The number of hydrogen-bond donors (Lipinski definition) is 3. The number of nitrogens with one attached hydrogen (secondary N) is 1. The first-order chi connectivity index (χ1) is 15.9. The largest absolute Gasteiger partial charge is 0.351 e. The molecule has 0 aliphatic carbocycles. The first-order valence-corrected chi connectivity index (χ1v) is 11.6. The molecule has 11 heteroatoms. The smallest absolute Gasteiger partial charge is 0.316 e. The summed E-state index contributed by atoms with van der Waals surface area (Å²) in [5.74, 6) is 0. The quantitative estimate of drug-likeness (QED) is 0.272. The van der Waals surface area contributed by atoms with Crippen molar-refractivity contribution >= 4 is 44.6 Å². The van der Waals surface area contributed by atoms with E-state index in [1.54, 1.807) is 44.2 Å². The van der Waals surface area contributed by atoms with Crippen LogP contribution in [0.1, 0.15) is 22.3 Å². The highest BCUT2D eigenvalue weighted by Crippen LogP contribution is 2.34. The number of anilines is 1. The fourth-order valence-electron chi connectivity index (χ4n) is 3.11. The number of primary amides is 1. The van der Waals surface area contributed by atoms with Crippen LogP contribution in [0.4, 0.5) is 33.2 Å². The van der Waals surface area contributed by atoms with Gasteiger partial charge in [0.25, 0.3) is 10.1 Å². The van der Waals surface area contributed by atoms with Gasteiger partial charge in [-0.15, -0.1) is 10.2 Å². The third-order valence-corrected chi connectivity index (χ3v) is 5.75. The molecular formula is C23H24N6O4S. The number of rotatable bonds is 6. The van der Waals surface area contributed by atoms with Crippen LogP contribution in [0.5, 0.6) is 0 Å². The molecule has 0 saturated heterocycles. The lowest BCUT2D eigenvalue weighted by molar-refractivity contribution is 0.259. The normalized spacial score (nSPS) is 11.9. The number of azo groups is 2. The molecule has 0 saturated carbocycles. The maximum Gasteiger partial charge on any atom is 0.316 e. The summed E-state index contributed by atoms with van der Waals surface area (Å²) in [4.78, 5) is 11.0. The van der Waals surface area contributed by atoms with E-state index in [1.807, 2.05) is 19.9 Å². The van der Waals surface area contributed by atoms with Crippen LogP contribution >= 0.6 is 0 Å². The van der Waals surface area contributed by atoms with Gasteiger partial charge in [0.1, 0.15) is 16.3 Å². The van der Waals surface area contributed by atoms with Crippen LogP contribution in [0.25, 0.3) is 0 Å². The first kappa shape index (κ1) is 24.7. The van der Waals surface area contributed by atoms with E-state index in [0.29, 0.717) is 22.7 Å². The van der Waals surface area contributed by atoms with E-state index in [9.17, 15) is 17.8 Å². The number of benzene rings is 3. The predicted molar refractivity (Wildman–Crippen MR) is 130 cm³/mol. The molecule has 3 rings (SSSR count). The van der Waals surface area contributed by atoms with Gasteiger partial charge in [-0.05, 0) is 86.3 Å². The lowest BCUT2D eigenvalue weighted by Gasteiger charge is -2.08. The van der Waals surface area contributed by atoms with Gasteiger partial charge in [-0.25, -0.2) is 4.79 Å². The van der Waals surface area contributed by atoms with Gasteiger partial charge in [0, 0.05) is 0 Å². The van der Waals surface area contributed by atoms with E-state index in [2.05, 4.69) is 25.8 Å². The molecule has 34 heavy (non-hydrogen) atoms. The molecule has 176 valence electrons. The molecule has 0 bridgehead atoms. The Morgan fingerprint density at radius 2 is 1.26 bits per heavy atom. The number of carbonyl (C=O) groups is 1. The first-order valence-electron chi connectivity index (χ1n) is 10.1. The molecule has 0 spiro atoms. The zero-order valence-corrected chi connectivity index (χ0v) is 19.9. The molecule has 0 atom stereocenters. The van der Waals surface area contributed by atoms with Crippen LogP contribution in [0, 0.1) is 27.7 Å². The molecule has 0 radical (unpaired) electrons. The molecule has 2 amide bonds. The number of nitrogens with zero attached hydrogens (tertiary/aromatic N) is 4. The molecule has 4 N–H and O–H groups in total. The van der Waals surface area contributed by atoms with E-state index >= 15 is 0 Å². The molecule has 0 aromatic heterocycles. The SMILES string of the molecule is Cc1ccc(S(=O)(=O)O)c(N=Nc2cc(C)c(N=Nc3ccc(C)cc3NC(N)=O)cc2C)c1. The van der Waals surface area contributed by atoms with Crippen molar-refractivity contribution in [3.8, 4) is 0 Å². The summed E-state index contributed by atoms with van der Waals surface area (Å²) >= 11 is 0.